The van der Waals surface area contributed by atoms with Gasteiger partial charge in [0.05, 0.1) is 4.90 Å². The average Bonchev–Trinajstić information content (AvgIpc) is 2.68. The molecule has 7 nitrogen and oxygen atoms in total. The van der Waals surface area contributed by atoms with Crippen LogP contribution in [0.3, 0.4) is 0 Å². The third-order valence-corrected chi connectivity index (χ3v) is 5.39. The van der Waals surface area contributed by atoms with Gasteiger partial charge < -0.3 is 15.3 Å². The van der Waals surface area contributed by atoms with Gasteiger partial charge >= 0.3 is 0 Å². The van der Waals surface area contributed by atoms with Gasteiger partial charge in [0.15, 0.2) is 5.78 Å². The first-order valence-corrected chi connectivity index (χ1v) is 9.89. The molecule has 4 N–H and O–H groups in total. The summed E-state index contributed by atoms with van der Waals surface area (Å²) in [4.78, 5) is 12.3. The van der Waals surface area contributed by atoms with Crippen LogP contribution >= 0.6 is 0 Å². The molecule has 148 valence electrons. The lowest BCUT2D eigenvalue weighted by atomic mass is 10.1. The average molecular weight is 411 g/mol. The molecular formula is C21H17NO6S. The van der Waals surface area contributed by atoms with Crippen molar-refractivity contribution in [2.24, 2.45) is 0 Å². The highest BCUT2D eigenvalue weighted by Gasteiger charge is 2.14. The van der Waals surface area contributed by atoms with Crippen LogP contribution in [-0.4, -0.2) is 29.5 Å². The molecule has 0 aliphatic carbocycles. The van der Waals surface area contributed by atoms with Crippen molar-refractivity contribution in [3.8, 4) is 17.2 Å². The lowest BCUT2D eigenvalue weighted by molar-refractivity contribution is 0.104. The summed E-state index contributed by atoms with van der Waals surface area (Å²) in [5, 5.41) is 28.3. The summed E-state index contributed by atoms with van der Waals surface area (Å²) in [6.45, 7) is 0. The van der Waals surface area contributed by atoms with Crippen LogP contribution in [0.25, 0.3) is 6.08 Å². The minimum absolute atomic E-state index is 0.00732. The predicted molar refractivity (Wildman–Crippen MR) is 108 cm³/mol. The Labute approximate surface area is 167 Å². The molecule has 0 heterocycles. The molecule has 3 rings (SSSR count). The van der Waals surface area contributed by atoms with Gasteiger partial charge in [-0.1, -0.05) is 0 Å². The second kappa shape index (κ2) is 8.07. The van der Waals surface area contributed by atoms with Crippen LogP contribution < -0.4 is 4.72 Å². The molecule has 0 unspecified atom stereocenters. The van der Waals surface area contributed by atoms with Crippen molar-refractivity contribution in [3.63, 3.8) is 0 Å². The molecular weight excluding hydrogens is 394 g/mol. The number of anilines is 1. The fourth-order valence-electron chi connectivity index (χ4n) is 2.48. The molecule has 0 atom stereocenters. The van der Waals surface area contributed by atoms with Crippen molar-refractivity contribution in [2.45, 2.75) is 4.90 Å². The number of aromatic hydroxyl groups is 3. The predicted octanol–water partition coefficient (Wildman–Crippen LogP) is 3.50. The Hall–Kier alpha value is -3.78. The molecule has 0 amide bonds. The minimum atomic E-state index is -3.83. The quantitative estimate of drug-likeness (QED) is 0.364. The topological polar surface area (TPSA) is 124 Å². The summed E-state index contributed by atoms with van der Waals surface area (Å²) in [5.74, 6) is -0.629. The monoisotopic (exact) mass is 411 g/mol. The molecule has 29 heavy (non-hydrogen) atoms. The molecule has 0 aliphatic heterocycles. The van der Waals surface area contributed by atoms with Gasteiger partial charge in [0.25, 0.3) is 10.0 Å². The van der Waals surface area contributed by atoms with E-state index in [4.69, 9.17) is 0 Å². The largest absolute Gasteiger partial charge is 0.508 e. The SMILES string of the molecule is O=C(/C=C/c1ccc(O)cc1O)c1ccc(NS(=O)(=O)c2ccc(O)cc2)cc1. The summed E-state index contributed by atoms with van der Waals surface area (Å²) in [6, 6.07) is 15.0. The molecule has 0 aromatic heterocycles. The van der Waals surface area contributed by atoms with E-state index in [-0.39, 0.29) is 33.6 Å². The normalized spacial score (nSPS) is 11.4. The summed E-state index contributed by atoms with van der Waals surface area (Å²) in [5.41, 5.74) is 0.969. The number of ketones is 1. The maximum Gasteiger partial charge on any atom is 0.261 e. The van der Waals surface area contributed by atoms with Crippen molar-refractivity contribution in [1.82, 2.24) is 0 Å². The standard InChI is InChI=1S/C21H17NO6S/c23-17-8-10-19(11-9-17)29(27,28)22-16-5-1-14(2-6-16)20(25)12-4-15-3-7-18(24)13-21(15)26/h1-13,22-24,26H/b12-4+. The molecule has 0 aliphatic rings. The van der Waals surface area contributed by atoms with Crippen LogP contribution in [0, 0.1) is 0 Å². The molecule has 3 aromatic carbocycles. The van der Waals surface area contributed by atoms with Gasteiger partial charge in [-0.3, -0.25) is 9.52 Å². The zero-order valence-electron chi connectivity index (χ0n) is 15.0. The number of sulfonamides is 1. The molecule has 0 saturated carbocycles. The maximum atomic E-state index is 12.3. The number of rotatable bonds is 6. The van der Waals surface area contributed by atoms with E-state index in [2.05, 4.69) is 4.72 Å². The van der Waals surface area contributed by atoms with Gasteiger partial charge in [-0.05, 0) is 72.8 Å². The number of carbonyl (C=O) groups is 1. The molecule has 0 spiro atoms. The Kier molecular flexibility index (Phi) is 5.56. The molecule has 0 saturated heterocycles. The Morgan fingerprint density at radius 2 is 1.45 bits per heavy atom. The number of benzene rings is 3. The summed E-state index contributed by atoms with van der Waals surface area (Å²) >= 11 is 0. The number of phenolic OH excluding ortho intramolecular Hbond substituents is 3. The molecule has 0 fully saturated rings. The molecule has 3 aromatic rings. The molecule has 0 radical (unpaired) electrons. The smallest absolute Gasteiger partial charge is 0.261 e. The van der Waals surface area contributed by atoms with Gasteiger partial charge in [-0.25, -0.2) is 8.42 Å². The first-order chi connectivity index (χ1) is 13.7. The van der Waals surface area contributed by atoms with E-state index >= 15 is 0 Å². The number of nitrogens with one attached hydrogen (secondary N) is 1. The number of carbonyl (C=O) groups excluding carboxylic acids is 1. The fourth-order valence-corrected chi connectivity index (χ4v) is 3.54. The molecule has 8 heteroatoms. The van der Waals surface area contributed by atoms with Gasteiger partial charge in [0, 0.05) is 22.9 Å². The zero-order valence-corrected chi connectivity index (χ0v) is 15.8. The Bertz CT molecular complexity index is 1170. The number of phenols is 3. The van der Waals surface area contributed by atoms with E-state index in [1.165, 1.54) is 78.9 Å². The first-order valence-electron chi connectivity index (χ1n) is 8.41. The third-order valence-electron chi connectivity index (χ3n) is 4.00. The highest BCUT2D eigenvalue weighted by atomic mass is 32.2. The van der Waals surface area contributed by atoms with Crippen LogP contribution in [-0.2, 0) is 10.0 Å². The maximum absolute atomic E-state index is 12.3. The van der Waals surface area contributed by atoms with E-state index in [1.54, 1.807) is 0 Å². The van der Waals surface area contributed by atoms with Crippen molar-refractivity contribution in [3.05, 3.63) is 83.9 Å². The minimum Gasteiger partial charge on any atom is -0.508 e. The van der Waals surface area contributed by atoms with Crippen LogP contribution in [0.4, 0.5) is 5.69 Å². The van der Waals surface area contributed by atoms with Crippen LogP contribution in [0.1, 0.15) is 15.9 Å². The Morgan fingerprint density at radius 1 is 0.828 bits per heavy atom. The van der Waals surface area contributed by atoms with Gasteiger partial charge in [0.2, 0.25) is 0 Å². The van der Waals surface area contributed by atoms with E-state index < -0.39 is 10.0 Å². The summed E-state index contributed by atoms with van der Waals surface area (Å²) < 4.78 is 27.1. The van der Waals surface area contributed by atoms with Crippen molar-refractivity contribution >= 4 is 27.6 Å². The van der Waals surface area contributed by atoms with E-state index in [0.29, 0.717) is 11.1 Å². The zero-order chi connectivity index (χ0) is 21.0. The van der Waals surface area contributed by atoms with E-state index in [1.807, 2.05) is 0 Å². The number of hydrogen-bond acceptors (Lipinski definition) is 6. The lowest BCUT2D eigenvalue weighted by Crippen LogP contribution is -2.12. The molecule has 0 bridgehead atoms. The van der Waals surface area contributed by atoms with E-state index in [9.17, 15) is 28.5 Å². The number of allylic oxidation sites excluding steroid dienone is 1. The summed E-state index contributed by atoms with van der Waals surface area (Å²) in [6.07, 6.45) is 2.68. The van der Waals surface area contributed by atoms with Crippen LogP contribution in [0.2, 0.25) is 0 Å². The fraction of sp³-hybridized carbons (Fsp3) is 0. The van der Waals surface area contributed by atoms with Crippen molar-refractivity contribution < 1.29 is 28.5 Å². The first kappa shape index (κ1) is 20.0. The van der Waals surface area contributed by atoms with Crippen LogP contribution in [0.5, 0.6) is 17.2 Å². The Morgan fingerprint density at radius 3 is 2.07 bits per heavy atom. The summed E-state index contributed by atoms with van der Waals surface area (Å²) in [7, 11) is -3.83. The Balaban J connectivity index is 1.71. The number of hydrogen-bond donors (Lipinski definition) is 4. The highest BCUT2D eigenvalue weighted by Crippen LogP contribution is 2.24. The van der Waals surface area contributed by atoms with Crippen LogP contribution in [0.15, 0.2) is 77.7 Å². The van der Waals surface area contributed by atoms with Crippen molar-refractivity contribution in [1.29, 1.82) is 0 Å². The lowest BCUT2D eigenvalue weighted by Gasteiger charge is -2.08. The second-order valence-electron chi connectivity index (χ2n) is 6.12. The van der Waals surface area contributed by atoms with Crippen molar-refractivity contribution in [2.75, 3.05) is 4.72 Å². The second-order valence-corrected chi connectivity index (χ2v) is 7.80. The van der Waals surface area contributed by atoms with Gasteiger partial charge in [0.1, 0.15) is 17.2 Å². The highest BCUT2D eigenvalue weighted by molar-refractivity contribution is 7.92. The third kappa shape index (κ3) is 4.94. The van der Waals surface area contributed by atoms with Gasteiger partial charge in [-0.15, -0.1) is 0 Å². The van der Waals surface area contributed by atoms with E-state index in [0.717, 1.165) is 0 Å². The van der Waals surface area contributed by atoms with Gasteiger partial charge in [-0.2, -0.15) is 0 Å².